The maximum absolute atomic E-state index is 11.6. The molecule has 0 atom stereocenters. The first-order valence-corrected chi connectivity index (χ1v) is 5.09. The molecule has 0 fully saturated rings. The molecule has 0 amide bonds. The third kappa shape index (κ3) is 1.72. The number of aromatic nitrogens is 3. The molecule has 0 unspecified atom stereocenters. The highest BCUT2D eigenvalue weighted by Gasteiger charge is 2.11. The van der Waals surface area contributed by atoms with Gasteiger partial charge in [-0.3, -0.25) is 4.79 Å². The van der Waals surface area contributed by atoms with Gasteiger partial charge in [-0.2, -0.15) is 0 Å². The van der Waals surface area contributed by atoms with Crippen LogP contribution in [0.2, 0.25) is 0 Å². The molecule has 14 heavy (non-hydrogen) atoms. The number of thiazole rings is 1. The summed E-state index contributed by atoms with van der Waals surface area (Å²) in [6.07, 6.45) is 3.82. The van der Waals surface area contributed by atoms with E-state index in [-0.39, 0.29) is 5.78 Å². The Kier molecular flexibility index (Phi) is 2.41. The lowest BCUT2D eigenvalue weighted by Crippen LogP contribution is -2.08. The first-order chi connectivity index (χ1) is 6.77. The van der Waals surface area contributed by atoms with E-state index in [2.05, 4.69) is 9.97 Å². The number of Topliss-reactive ketones (excluding diaryl/α,β-unsaturated/α-hetero) is 1. The van der Waals surface area contributed by atoms with Crippen LogP contribution in [-0.2, 0) is 13.5 Å². The molecule has 2 rings (SSSR count). The van der Waals surface area contributed by atoms with Crippen molar-refractivity contribution in [3.63, 3.8) is 0 Å². The van der Waals surface area contributed by atoms with Gasteiger partial charge in [0.15, 0.2) is 5.78 Å². The van der Waals surface area contributed by atoms with Gasteiger partial charge in [0.25, 0.3) is 0 Å². The van der Waals surface area contributed by atoms with Crippen LogP contribution in [0, 0.1) is 0 Å². The number of nitrogens with zero attached hydrogens (tertiary/aromatic N) is 3. The highest BCUT2D eigenvalue weighted by molar-refractivity contribution is 7.07. The first kappa shape index (κ1) is 9.08. The van der Waals surface area contributed by atoms with Crippen molar-refractivity contribution in [3.8, 4) is 0 Å². The Morgan fingerprint density at radius 2 is 2.43 bits per heavy atom. The number of ketones is 1. The summed E-state index contributed by atoms with van der Waals surface area (Å²) >= 11 is 1.43. The van der Waals surface area contributed by atoms with Gasteiger partial charge in [0, 0.05) is 24.8 Å². The summed E-state index contributed by atoms with van der Waals surface area (Å²) in [5, 5.41) is 1.76. The van der Waals surface area contributed by atoms with E-state index in [4.69, 9.17) is 0 Å². The van der Waals surface area contributed by atoms with E-state index in [1.165, 1.54) is 11.3 Å². The third-order valence-electron chi connectivity index (χ3n) is 1.96. The Bertz CT molecular complexity index is 433. The van der Waals surface area contributed by atoms with Crippen LogP contribution >= 0.6 is 11.3 Å². The molecule has 2 aromatic heterocycles. The summed E-state index contributed by atoms with van der Waals surface area (Å²) in [7, 11) is 1.87. The van der Waals surface area contributed by atoms with Crippen molar-refractivity contribution >= 4 is 17.1 Å². The number of hydrogen-bond acceptors (Lipinski definition) is 4. The number of rotatable bonds is 3. The van der Waals surface area contributed by atoms with Gasteiger partial charge in [0.05, 0.1) is 11.9 Å². The highest BCUT2D eigenvalue weighted by Crippen LogP contribution is 2.06. The van der Waals surface area contributed by atoms with Gasteiger partial charge in [-0.25, -0.2) is 9.97 Å². The zero-order valence-corrected chi connectivity index (χ0v) is 8.49. The minimum Gasteiger partial charge on any atom is -0.338 e. The van der Waals surface area contributed by atoms with E-state index in [0.29, 0.717) is 12.1 Å². The molecule has 0 aliphatic rings. The lowest BCUT2D eigenvalue weighted by Gasteiger charge is -1.98. The van der Waals surface area contributed by atoms with Gasteiger partial charge in [-0.05, 0) is 0 Å². The number of imidazole rings is 1. The van der Waals surface area contributed by atoms with Crippen molar-refractivity contribution < 1.29 is 4.79 Å². The van der Waals surface area contributed by atoms with Crippen molar-refractivity contribution in [1.82, 2.24) is 14.5 Å². The predicted molar refractivity (Wildman–Crippen MR) is 53.4 cm³/mol. The van der Waals surface area contributed by atoms with Crippen LogP contribution in [-0.4, -0.2) is 20.3 Å². The van der Waals surface area contributed by atoms with Gasteiger partial charge in [0.2, 0.25) is 0 Å². The molecule has 4 nitrogen and oxygen atoms in total. The van der Waals surface area contributed by atoms with E-state index in [9.17, 15) is 4.79 Å². The molecule has 2 heterocycles. The third-order valence-corrected chi connectivity index (χ3v) is 2.54. The standard InChI is InChI=1S/C9H9N3OS/c1-12-3-2-10-9(12)4-8(13)7-5-14-6-11-7/h2-3,5-6H,4H2,1H3. The van der Waals surface area contributed by atoms with E-state index < -0.39 is 0 Å². The minimum absolute atomic E-state index is 0.0144. The van der Waals surface area contributed by atoms with Crippen LogP contribution in [0.4, 0.5) is 0 Å². The number of carbonyl (C=O) groups excluding carboxylic acids is 1. The SMILES string of the molecule is Cn1ccnc1CC(=O)c1cscn1. The molecule has 72 valence electrons. The molecule has 0 saturated heterocycles. The van der Waals surface area contributed by atoms with Gasteiger partial charge < -0.3 is 4.57 Å². The fourth-order valence-corrected chi connectivity index (χ4v) is 1.71. The predicted octanol–water partition coefficient (Wildman–Crippen LogP) is 1.30. The molecule has 2 aromatic rings. The second-order valence-electron chi connectivity index (χ2n) is 2.93. The molecule has 0 bridgehead atoms. The summed E-state index contributed by atoms with van der Waals surface area (Å²) in [4.78, 5) is 19.7. The van der Waals surface area contributed by atoms with Crippen molar-refractivity contribution in [2.24, 2.45) is 7.05 Å². The molecule has 0 N–H and O–H groups in total. The lowest BCUT2D eigenvalue weighted by molar-refractivity contribution is 0.0986. The molecule has 0 spiro atoms. The molecule has 0 aliphatic carbocycles. The lowest BCUT2D eigenvalue weighted by atomic mass is 10.2. The fourth-order valence-electron chi connectivity index (χ4n) is 1.15. The van der Waals surface area contributed by atoms with Crippen LogP contribution in [0.5, 0.6) is 0 Å². The maximum Gasteiger partial charge on any atom is 0.189 e. The zero-order chi connectivity index (χ0) is 9.97. The summed E-state index contributed by atoms with van der Waals surface area (Å²) < 4.78 is 1.84. The van der Waals surface area contributed by atoms with Crippen molar-refractivity contribution in [3.05, 3.63) is 34.8 Å². The zero-order valence-electron chi connectivity index (χ0n) is 7.67. The van der Waals surface area contributed by atoms with Crippen molar-refractivity contribution in [2.45, 2.75) is 6.42 Å². The normalized spacial score (nSPS) is 10.4. The Hall–Kier alpha value is -1.49. The average molecular weight is 207 g/mol. The second kappa shape index (κ2) is 3.71. The van der Waals surface area contributed by atoms with Gasteiger partial charge in [-0.15, -0.1) is 11.3 Å². The topological polar surface area (TPSA) is 47.8 Å². The summed E-state index contributed by atoms with van der Waals surface area (Å²) in [5.74, 6) is 0.781. The first-order valence-electron chi connectivity index (χ1n) is 4.15. The smallest absolute Gasteiger partial charge is 0.189 e. The largest absolute Gasteiger partial charge is 0.338 e. The monoisotopic (exact) mass is 207 g/mol. The average Bonchev–Trinajstić information content (AvgIpc) is 2.77. The molecule has 0 saturated carbocycles. The van der Waals surface area contributed by atoms with Gasteiger partial charge in [-0.1, -0.05) is 0 Å². The van der Waals surface area contributed by atoms with Crippen LogP contribution in [0.15, 0.2) is 23.3 Å². The second-order valence-corrected chi connectivity index (χ2v) is 3.65. The summed E-state index contributed by atoms with van der Waals surface area (Å²) in [6.45, 7) is 0. The van der Waals surface area contributed by atoms with E-state index in [1.54, 1.807) is 17.1 Å². The molecule has 0 aromatic carbocycles. The molecule has 0 radical (unpaired) electrons. The van der Waals surface area contributed by atoms with E-state index >= 15 is 0 Å². The van der Waals surface area contributed by atoms with Crippen molar-refractivity contribution in [2.75, 3.05) is 0 Å². The summed E-state index contributed by atoms with van der Waals surface area (Å²) in [5.41, 5.74) is 2.18. The Balaban J connectivity index is 2.13. The number of carbonyl (C=O) groups is 1. The number of hydrogen-bond donors (Lipinski definition) is 0. The quantitative estimate of drug-likeness (QED) is 0.713. The highest BCUT2D eigenvalue weighted by atomic mass is 32.1. The molecular formula is C9H9N3OS. The van der Waals surface area contributed by atoms with Crippen LogP contribution in [0.3, 0.4) is 0 Å². The maximum atomic E-state index is 11.6. The Labute approximate surface area is 85.2 Å². The fraction of sp³-hybridized carbons (Fsp3) is 0.222. The molecular weight excluding hydrogens is 198 g/mol. The van der Waals surface area contributed by atoms with Crippen LogP contribution in [0.1, 0.15) is 16.3 Å². The van der Waals surface area contributed by atoms with Gasteiger partial charge in [0.1, 0.15) is 11.5 Å². The van der Waals surface area contributed by atoms with Crippen LogP contribution < -0.4 is 0 Å². The molecule has 0 aliphatic heterocycles. The Morgan fingerprint density at radius 1 is 1.57 bits per heavy atom. The minimum atomic E-state index is 0.0144. The van der Waals surface area contributed by atoms with E-state index in [0.717, 1.165) is 5.82 Å². The van der Waals surface area contributed by atoms with Crippen molar-refractivity contribution in [1.29, 1.82) is 0 Å². The summed E-state index contributed by atoms with van der Waals surface area (Å²) in [6, 6.07) is 0. The number of aryl methyl sites for hydroxylation is 1. The van der Waals surface area contributed by atoms with Crippen LogP contribution in [0.25, 0.3) is 0 Å². The van der Waals surface area contributed by atoms with Gasteiger partial charge >= 0.3 is 0 Å². The molecule has 5 heteroatoms. The Morgan fingerprint density at radius 3 is 3.00 bits per heavy atom. The van der Waals surface area contributed by atoms with E-state index in [1.807, 2.05) is 17.8 Å².